The van der Waals surface area contributed by atoms with Gasteiger partial charge in [0.25, 0.3) is 0 Å². The van der Waals surface area contributed by atoms with E-state index >= 15 is 0 Å². The largest absolute Gasteiger partial charge is 0.478 e. The van der Waals surface area contributed by atoms with Crippen molar-refractivity contribution in [2.24, 2.45) is 0 Å². The number of hydrogen-bond acceptors (Lipinski definition) is 4. The predicted octanol–water partition coefficient (Wildman–Crippen LogP) is 8.10. The summed E-state index contributed by atoms with van der Waals surface area (Å²) in [5.74, 6) is -2.23. The summed E-state index contributed by atoms with van der Waals surface area (Å²) in [6, 6.07) is 5.95. The summed E-state index contributed by atoms with van der Waals surface area (Å²) in [5.41, 5.74) is 1.82. The molecule has 0 atom stereocenters. The van der Waals surface area contributed by atoms with E-state index < -0.39 is 11.9 Å². The van der Waals surface area contributed by atoms with Crippen LogP contribution in [0.2, 0.25) is 0 Å². The van der Waals surface area contributed by atoms with Crippen molar-refractivity contribution in [3.8, 4) is 0 Å². The number of benzene rings is 1. The molecular formula is C36H56N2O4. The molecule has 0 radical (unpaired) electrons. The number of carboxylic acids is 2. The second-order valence-corrected chi connectivity index (χ2v) is 13.9. The van der Waals surface area contributed by atoms with Crippen LogP contribution >= 0.6 is 0 Å². The third kappa shape index (κ3) is 7.96. The molecular weight excluding hydrogens is 524 g/mol. The predicted molar refractivity (Wildman–Crippen MR) is 169 cm³/mol. The third-order valence-electron chi connectivity index (χ3n) is 11.3. The molecule has 0 bridgehead atoms. The van der Waals surface area contributed by atoms with Gasteiger partial charge in [0.15, 0.2) is 0 Å². The standard InChI is InChI=1S/C36H56N2O4/c39-35(40)33-22-21-27(23-25-37(28-13-5-1-6-14-28)29-15-7-2-8-16-29)32(34(33)36(41)42)24-26-38(30-17-9-3-10-18-30)31-19-11-4-12-20-31/h21-22,28-31H,1-20,23-26H2,(H,39,40)(H,41,42). The molecule has 0 saturated heterocycles. The van der Waals surface area contributed by atoms with Crippen LogP contribution in [0.4, 0.5) is 0 Å². The lowest BCUT2D eigenvalue weighted by atomic mass is 9.86. The van der Waals surface area contributed by atoms with Crippen molar-refractivity contribution in [2.45, 2.75) is 165 Å². The quantitative estimate of drug-likeness (QED) is 0.260. The van der Waals surface area contributed by atoms with Gasteiger partial charge in [-0.25, -0.2) is 9.59 Å². The first kappa shape index (κ1) is 31.5. The van der Waals surface area contributed by atoms with Crippen molar-refractivity contribution >= 4 is 11.9 Å². The highest BCUT2D eigenvalue weighted by molar-refractivity contribution is 6.03. The normalized spacial score (nSPS) is 22.1. The molecule has 1 aromatic rings. The highest BCUT2D eigenvalue weighted by Gasteiger charge is 2.32. The van der Waals surface area contributed by atoms with E-state index in [0.29, 0.717) is 30.6 Å². The summed E-state index contributed by atoms with van der Waals surface area (Å²) >= 11 is 0. The summed E-state index contributed by atoms with van der Waals surface area (Å²) in [6.07, 6.45) is 27.2. The maximum Gasteiger partial charge on any atom is 0.336 e. The molecule has 234 valence electrons. The van der Waals surface area contributed by atoms with Crippen molar-refractivity contribution in [2.75, 3.05) is 13.1 Å². The maximum absolute atomic E-state index is 12.7. The van der Waals surface area contributed by atoms with Crippen LogP contribution in [0.25, 0.3) is 0 Å². The zero-order valence-corrected chi connectivity index (χ0v) is 26.0. The Morgan fingerprint density at radius 1 is 0.548 bits per heavy atom. The number of aromatic carboxylic acids is 2. The molecule has 0 heterocycles. The van der Waals surface area contributed by atoms with E-state index in [1.54, 1.807) is 6.07 Å². The maximum atomic E-state index is 12.7. The van der Waals surface area contributed by atoms with E-state index in [0.717, 1.165) is 30.6 Å². The molecule has 0 aromatic heterocycles. The lowest BCUT2D eigenvalue weighted by molar-refractivity contribution is 0.0647. The highest BCUT2D eigenvalue weighted by Crippen LogP contribution is 2.33. The fourth-order valence-corrected chi connectivity index (χ4v) is 9.10. The van der Waals surface area contributed by atoms with Crippen LogP contribution in [-0.2, 0) is 12.8 Å². The lowest BCUT2D eigenvalue weighted by Gasteiger charge is -2.42. The smallest absolute Gasteiger partial charge is 0.336 e. The van der Waals surface area contributed by atoms with Crippen LogP contribution in [0.5, 0.6) is 0 Å². The first-order valence-corrected chi connectivity index (χ1v) is 17.7. The third-order valence-corrected chi connectivity index (χ3v) is 11.3. The fraction of sp³-hybridized carbons (Fsp3) is 0.778. The molecule has 0 aliphatic heterocycles. The summed E-state index contributed by atoms with van der Waals surface area (Å²) in [6.45, 7) is 1.78. The minimum absolute atomic E-state index is 0.0362. The number of carboxylic acid groups (broad SMARTS) is 2. The molecule has 6 nitrogen and oxygen atoms in total. The Hall–Kier alpha value is -1.92. The number of hydrogen-bond donors (Lipinski definition) is 2. The minimum Gasteiger partial charge on any atom is -0.478 e. The Morgan fingerprint density at radius 3 is 1.29 bits per heavy atom. The summed E-state index contributed by atoms with van der Waals surface area (Å²) in [7, 11) is 0. The summed E-state index contributed by atoms with van der Waals surface area (Å²) in [5, 5.41) is 20.4. The molecule has 0 unspecified atom stereocenters. The topological polar surface area (TPSA) is 81.1 Å². The van der Waals surface area contributed by atoms with Gasteiger partial charge in [-0.15, -0.1) is 0 Å². The molecule has 4 aliphatic carbocycles. The fourth-order valence-electron chi connectivity index (χ4n) is 9.10. The molecule has 42 heavy (non-hydrogen) atoms. The molecule has 5 rings (SSSR count). The van der Waals surface area contributed by atoms with Crippen LogP contribution in [0, 0.1) is 0 Å². The van der Waals surface area contributed by atoms with E-state index in [2.05, 4.69) is 9.80 Å². The molecule has 1 aromatic carbocycles. The Morgan fingerprint density at radius 2 is 0.929 bits per heavy atom. The first-order chi connectivity index (χ1) is 20.5. The van der Waals surface area contributed by atoms with E-state index in [-0.39, 0.29) is 11.1 Å². The van der Waals surface area contributed by atoms with Crippen LogP contribution in [0.3, 0.4) is 0 Å². The van der Waals surface area contributed by atoms with Gasteiger partial charge in [0, 0.05) is 37.3 Å². The van der Waals surface area contributed by atoms with E-state index in [1.165, 1.54) is 128 Å². The van der Waals surface area contributed by atoms with Gasteiger partial charge in [-0.3, -0.25) is 9.80 Å². The SMILES string of the molecule is O=C(O)c1ccc(CCN(C2CCCCC2)C2CCCCC2)c(CCN(C2CCCCC2)C2CCCCC2)c1C(=O)O. The lowest BCUT2D eigenvalue weighted by Crippen LogP contribution is -2.46. The van der Waals surface area contributed by atoms with E-state index in [1.807, 2.05) is 6.07 Å². The summed E-state index contributed by atoms with van der Waals surface area (Å²) in [4.78, 5) is 30.4. The molecule has 0 amide bonds. The minimum atomic E-state index is -1.14. The Labute approximate surface area is 254 Å². The van der Waals surface area contributed by atoms with Gasteiger partial charge in [0.05, 0.1) is 11.1 Å². The zero-order valence-electron chi connectivity index (χ0n) is 26.0. The second-order valence-electron chi connectivity index (χ2n) is 13.9. The van der Waals surface area contributed by atoms with Gasteiger partial charge in [0.2, 0.25) is 0 Å². The number of nitrogens with zero attached hydrogens (tertiary/aromatic N) is 2. The average Bonchev–Trinajstić information content (AvgIpc) is 3.03. The highest BCUT2D eigenvalue weighted by atomic mass is 16.4. The van der Waals surface area contributed by atoms with Gasteiger partial charge >= 0.3 is 11.9 Å². The van der Waals surface area contributed by atoms with Gasteiger partial charge in [-0.2, -0.15) is 0 Å². The van der Waals surface area contributed by atoms with Crippen LogP contribution in [-0.4, -0.2) is 69.2 Å². The first-order valence-electron chi connectivity index (χ1n) is 17.7. The van der Waals surface area contributed by atoms with Gasteiger partial charge in [-0.1, -0.05) is 83.1 Å². The van der Waals surface area contributed by atoms with Crippen molar-refractivity contribution in [3.63, 3.8) is 0 Å². The van der Waals surface area contributed by atoms with Gasteiger partial charge in [-0.05, 0) is 81.4 Å². The molecule has 2 N–H and O–H groups in total. The molecule has 4 fully saturated rings. The van der Waals surface area contributed by atoms with Crippen LogP contribution in [0.15, 0.2) is 12.1 Å². The Bertz CT molecular complexity index is 981. The monoisotopic (exact) mass is 580 g/mol. The van der Waals surface area contributed by atoms with E-state index in [4.69, 9.17) is 0 Å². The van der Waals surface area contributed by atoms with Gasteiger partial charge in [0.1, 0.15) is 0 Å². The number of rotatable bonds is 12. The Balaban J connectivity index is 1.41. The van der Waals surface area contributed by atoms with Crippen molar-refractivity contribution in [1.29, 1.82) is 0 Å². The van der Waals surface area contributed by atoms with Crippen molar-refractivity contribution in [1.82, 2.24) is 9.80 Å². The van der Waals surface area contributed by atoms with Crippen molar-refractivity contribution < 1.29 is 19.8 Å². The van der Waals surface area contributed by atoms with Gasteiger partial charge < -0.3 is 10.2 Å². The second kappa shape index (κ2) is 15.7. The van der Waals surface area contributed by atoms with Crippen LogP contribution in [0.1, 0.15) is 160 Å². The summed E-state index contributed by atoms with van der Waals surface area (Å²) < 4.78 is 0. The molecule has 4 saturated carbocycles. The van der Waals surface area contributed by atoms with Crippen LogP contribution < -0.4 is 0 Å². The molecule has 4 aliphatic rings. The van der Waals surface area contributed by atoms with E-state index in [9.17, 15) is 19.8 Å². The Kier molecular flexibility index (Phi) is 11.8. The molecule has 0 spiro atoms. The molecule has 6 heteroatoms. The van der Waals surface area contributed by atoms with Crippen molar-refractivity contribution in [3.05, 3.63) is 34.4 Å². The number of carbonyl (C=O) groups is 2. The average molecular weight is 581 g/mol. The zero-order chi connectivity index (χ0) is 29.3.